The van der Waals surface area contributed by atoms with Crippen LogP contribution in [0.15, 0.2) is 42.9 Å². The van der Waals surface area contributed by atoms with Gasteiger partial charge in [0.05, 0.1) is 27.7 Å². The van der Waals surface area contributed by atoms with Crippen LogP contribution in [0.4, 0.5) is 0 Å². The Kier molecular flexibility index (Phi) is 2.14. The fraction of sp³-hybridized carbons (Fsp3) is 0.263. The van der Waals surface area contributed by atoms with Crippen LogP contribution in [0.3, 0.4) is 0 Å². The van der Waals surface area contributed by atoms with Crippen LogP contribution in [0.25, 0.3) is 28.1 Å². The molecule has 0 bridgehead atoms. The number of rotatable bonds is 0. The third-order valence-corrected chi connectivity index (χ3v) is 5.30. The van der Waals surface area contributed by atoms with Crippen LogP contribution in [0.5, 0.6) is 0 Å². The lowest BCUT2D eigenvalue weighted by atomic mass is 9.84. The third kappa shape index (κ3) is 1.33. The van der Waals surface area contributed by atoms with Crippen LogP contribution in [-0.2, 0) is 12.6 Å². The van der Waals surface area contributed by atoms with Gasteiger partial charge >= 0.3 is 0 Å². The summed E-state index contributed by atoms with van der Waals surface area (Å²) in [6.07, 6.45) is 6.07. The van der Waals surface area contributed by atoms with Crippen molar-refractivity contribution in [1.82, 2.24) is 14.0 Å². The van der Waals surface area contributed by atoms with Gasteiger partial charge in [0.2, 0.25) is 11.5 Å². The van der Waals surface area contributed by atoms with Crippen LogP contribution in [0.1, 0.15) is 25.0 Å². The van der Waals surface area contributed by atoms with Gasteiger partial charge in [-0.05, 0) is 38.5 Å². The topological polar surface area (TPSA) is 26.1 Å². The highest BCUT2D eigenvalue weighted by atomic mass is 15.2. The van der Waals surface area contributed by atoms with E-state index in [0.717, 1.165) is 5.78 Å². The first kappa shape index (κ1) is 12.9. The van der Waals surface area contributed by atoms with Gasteiger partial charge in [-0.3, -0.25) is 8.97 Å². The fourth-order valence-corrected chi connectivity index (χ4v) is 4.22. The van der Waals surface area contributed by atoms with E-state index in [-0.39, 0.29) is 5.54 Å². The van der Waals surface area contributed by atoms with Crippen LogP contribution >= 0.6 is 0 Å². The van der Waals surface area contributed by atoms with Crippen LogP contribution in [-0.4, -0.2) is 14.0 Å². The third-order valence-electron chi connectivity index (χ3n) is 5.30. The molecule has 0 spiro atoms. The first-order chi connectivity index (χ1) is 11.0. The number of hydrogen-bond donors (Lipinski definition) is 0. The normalized spacial score (nSPS) is 15.3. The van der Waals surface area contributed by atoms with Gasteiger partial charge in [-0.25, -0.2) is 9.55 Å². The second-order valence-electron chi connectivity index (χ2n) is 7.00. The molecular weight excluding hydrogens is 284 g/mol. The average Bonchev–Trinajstić information content (AvgIpc) is 3.07. The van der Waals surface area contributed by atoms with Crippen LogP contribution in [0.2, 0.25) is 0 Å². The standard InChI is InChI=1S/C19H19N4/c1-12-7-8-14-17-15(12)16-13(6-5-10-21(16)4)19(2,3)23(17)18-20-9-11-22(14)18/h5-11H,1-4H3/q+1. The van der Waals surface area contributed by atoms with E-state index in [4.69, 9.17) is 0 Å². The highest BCUT2D eigenvalue weighted by Crippen LogP contribution is 2.45. The molecule has 4 aromatic rings. The van der Waals surface area contributed by atoms with E-state index >= 15 is 0 Å². The number of imidazole rings is 2. The molecule has 114 valence electrons. The van der Waals surface area contributed by atoms with E-state index in [0.29, 0.717) is 0 Å². The van der Waals surface area contributed by atoms with Gasteiger partial charge in [0, 0.05) is 18.5 Å². The number of hydrogen-bond acceptors (Lipinski definition) is 1. The van der Waals surface area contributed by atoms with Gasteiger partial charge in [0.25, 0.3) is 0 Å². The molecule has 23 heavy (non-hydrogen) atoms. The fourth-order valence-electron chi connectivity index (χ4n) is 4.22. The molecule has 0 aliphatic carbocycles. The van der Waals surface area contributed by atoms with E-state index in [1.807, 2.05) is 6.20 Å². The minimum absolute atomic E-state index is 0.149. The van der Waals surface area contributed by atoms with Crippen molar-refractivity contribution in [2.45, 2.75) is 26.3 Å². The Morgan fingerprint density at radius 3 is 2.83 bits per heavy atom. The Bertz CT molecular complexity index is 1110. The number of fused-ring (bicyclic) bond motifs is 5. The van der Waals surface area contributed by atoms with E-state index in [9.17, 15) is 0 Å². The highest BCUT2D eigenvalue weighted by Gasteiger charge is 2.40. The molecule has 0 amide bonds. The Morgan fingerprint density at radius 2 is 2.00 bits per heavy atom. The number of benzene rings is 1. The molecule has 0 atom stereocenters. The van der Waals surface area contributed by atoms with Crippen LogP contribution in [0, 0.1) is 6.92 Å². The van der Waals surface area contributed by atoms with Gasteiger partial charge in [-0.15, -0.1) is 0 Å². The second kappa shape index (κ2) is 3.82. The molecule has 4 heterocycles. The molecular formula is C19H19N4+. The lowest BCUT2D eigenvalue weighted by Crippen LogP contribution is -2.40. The minimum atomic E-state index is -0.149. The van der Waals surface area contributed by atoms with Crippen molar-refractivity contribution in [2.24, 2.45) is 7.05 Å². The summed E-state index contributed by atoms with van der Waals surface area (Å²) in [5, 5.41) is 0. The SMILES string of the molecule is Cc1ccc2c3c1-c1c(ccc[n+]1C)C(C)(C)n3c1nccn21. The monoisotopic (exact) mass is 303 g/mol. The van der Waals surface area contributed by atoms with Gasteiger partial charge < -0.3 is 0 Å². The molecule has 0 N–H and O–H groups in total. The molecule has 1 aromatic carbocycles. The Balaban J connectivity index is 2.16. The maximum atomic E-state index is 4.64. The Labute approximate surface area is 134 Å². The van der Waals surface area contributed by atoms with Gasteiger partial charge in [0.15, 0.2) is 6.20 Å². The van der Waals surface area contributed by atoms with Gasteiger partial charge in [0.1, 0.15) is 7.05 Å². The van der Waals surface area contributed by atoms with Gasteiger partial charge in [-0.2, -0.15) is 0 Å². The predicted octanol–water partition coefficient (Wildman–Crippen LogP) is 3.19. The molecule has 5 rings (SSSR count). The number of nitrogens with zero attached hydrogens (tertiary/aromatic N) is 4. The molecule has 0 saturated carbocycles. The van der Waals surface area contributed by atoms with Crippen LogP contribution < -0.4 is 4.57 Å². The first-order valence-electron chi connectivity index (χ1n) is 7.99. The zero-order chi connectivity index (χ0) is 15.9. The molecule has 4 heteroatoms. The van der Waals surface area contributed by atoms with E-state index in [1.165, 1.54) is 33.4 Å². The second-order valence-corrected chi connectivity index (χ2v) is 7.00. The van der Waals surface area contributed by atoms with Crippen molar-refractivity contribution in [3.05, 3.63) is 54.0 Å². The molecule has 1 aliphatic heterocycles. The summed E-state index contributed by atoms with van der Waals surface area (Å²) in [7, 11) is 2.14. The molecule has 0 unspecified atom stereocenters. The molecule has 4 nitrogen and oxygen atoms in total. The molecule has 0 saturated heterocycles. The van der Waals surface area contributed by atoms with Crippen molar-refractivity contribution in [3.8, 4) is 11.3 Å². The zero-order valence-electron chi connectivity index (χ0n) is 13.8. The average molecular weight is 303 g/mol. The maximum absolute atomic E-state index is 4.64. The summed E-state index contributed by atoms with van der Waals surface area (Å²) in [6, 6.07) is 8.81. The van der Waals surface area contributed by atoms with Gasteiger partial charge in [-0.1, -0.05) is 6.07 Å². The predicted molar refractivity (Wildman–Crippen MR) is 90.5 cm³/mol. The number of pyridine rings is 1. The summed E-state index contributed by atoms with van der Waals surface area (Å²) < 4.78 is 6.84. The molecule has 0 radical (unpaired) electrons. The van der Waals surface area contributed by atoms with Crippen molar-refractivity contribution in [3.63, 3.8) is 0 Å². The van der Waals surface area contributed by atoms with E-state index in [2.05, 4.69) is 83.0 Å². The van der Waals surface area contributed by atoms with Crippen molar-refractivity contribution < 1.29 is 4.57 Å². The Hall–Kier alpha value is -2.62. The summed E-state index contributed by atoms with van der Waals surface area (Å²) in [6.45, 7) is 6.76. The summed E-state index contributed by atoms with van der Waals surface area (Å²) >= 11 is 0. The van der Waals surface area contributed by atoms with Crippen molar-refractivity contribution >= 4 is 16.8 Å². The number of aromatic nitrogens is 4. The summed E-state index contributed by atoms with van der Waals surface area (Å²) in [4.78, 5) is 4.64. The minimum Gasteiger partial charge on any atom is -0.299 e. The van der Waals surface area contributed by atoms with Crippen molar-refractivity contribution in [2.75, 3.05) is 0 Å². The zero-order valence-corrected chi connectivity index (χ0v) is 13.8. The van der Waals surface area contributed by atoms with E-state index < -0.39 is 0 Å². The van der Waals surface area contributed by atoms with Crippen molar-refractivity contribution in [1.29, 1.82) is 0 Å². The highest BCUT2D eigenvalue weighted by molar-refractivity contribution is 5.98. The smallest absolute Gasteiger partial charge is 0.220 e. The van der Waals surface area contributed by atoms with E-state index in [1.54, 1.807) is 0 Å². The largest absolute Gasteiger partial charge is 0.299 e. The quantitative estimate of drug-likeness (QED) is 0.458. The lowest BCUT2D eigenvalue weighted by Gasteiger charge is -2.33. The molecule has 0 fully saturated rings. The summed E-state index contributed by atoms with van der Waals surface area (Å²) in [5.41, 5.74) is 7.64. The Morgan fingerprint density at radius 1 is 1.17 bits per heavy atom. The maximum Gasteiger partial charge on any atom is 0.220 e. The molecule has 1 aliphatic rings. The molecule has 3 aromatic heterocycles. The lowest BCUT2D eigenvalue weighted by molar-refractivity contribution is -0.661. The number of aryl methyl sites for hydroxylation is 2. The summed E-state index contributed by atoms with van der Waals surface area (Å²) in [5.74, 6) is 1.01. The first-order valence-corrected chi connectivity index (χ1v) is 7.99.